The Morgan fingerprint density at radius 3 is 1.96 bits per heavy atom. The molecule has 0 aliphatic rings. The summed E-state index contributed by atoms with van der Waals surface area (Å²) < 4.78 is 11.5. The highest BCUT2D eigenvalue weighted by Crippen LogP contribution is 2.21. The van der Waals surface area contributed by atoms with Crippen molar-refractivity contribution in [3.63, 3.8) is 0 Å². The first-order valence-electron chi connectivity index (χ1n) is 16.4. The number of carbonyl (C=O) groups is 2. The maximum atomic E-state index is 14.0. The number of benzene rings is 4. The minimum absolute atomic E-state index is 0.119. The van der Waals surface area contributed by atoms with Gasteiger partial charge < -0.3 is 29.9 Å². The zero-order valence-corrected chi connectivity index (χ0v) is 27.7. The van der Waals surface area contributed by atoms with Gasteiger partial charge >= 0.3 is 6.09 Å². The van der Waals surface area contributed by atoms with Gasteiger partial charge in [-0.25, -0.2) is 4.79 Å². The number of amides is 2. The summed E-state index contributed by atoms with van der Waals surface area (Å²) >= 11 is 0. The van der Waals surface area contributed by atoms with Crippen LogP contribution in [0, 0.1) is 0 Å². The van der Waals surface area contributed by atoms with E-state index in [-0.39, 0.29) is 6.61 Å². The molecule has 0 heterocycles. The van der Waals surface area contributed by atoms with Crippen LogP contribution in [0.2, 0.25) is 0 Å². The molecule has 0 fully saturated rings. The number of nitrogens with zero attached hydrogens (tertiary/aromatic N) is 1. The van der Waals surface area contributed by atoms with Gasteiger partial charge in [-0.2, -0.15) is 0 Å². The Bertz CT molecular complexity index is 1500. The third-order valence-electron chi connectivity index (χ3n) is 7.79. The number of ether oxygens (including phenoxy) is 2. The summed E-state index contributed by atoms with van der Waals surface area (Å²) in [5, 5.41) is 27.8. The summed E-state index contributed by atoms with van der Waals surface area (Å²) in [4.78, 5) is 27.5. The lowest BCUT2D eigenvalue weighted by Gasteiger charge is -2.32. The molecule has 250 valence electrons. The summed E-state index contributed by atoms with van der Waals surface area (Å²) in [6.45, 7) is 6.60. The first-order valence-corrected chi connectivity index (χ1v) is 16.4. The van der Waals surface area contributed by atoms with E-state index < -0.39 is 35.9 Å². The van der Waals surface area contributed by atoms with Gasteiger partial charge in [0.25, 0.3) is 5.91 Å². The van der Waals surface area contributed by atoms with Crippen molar-refractivity contribution in [1.82, 2.24) is 10.2 Å². The molecule has 4 aromatic rings. The predicted octanol–water partition coefficient (Wildman–Crippen LogP) is 6.76. The average molecular weight is 641 g/mol. The third kappa shape index (κ3) is 11.8. The van der Waals surface area contributed by atoms with E-state index in [1.165, 1.54) is 0 Å². The SMILES string of the molecule is CC(C)(C)OC(=O)NCCCCCC(O)C(OCc1ccc2ccccc2c1)C(O)C(=O)N(Cc1ccccc1)Cc1ccccc1. The second kappa shape index (κ2) is 17.6. The van der Waals surface area contributed by atoms with Crippen LogP contribution in [0.4, 0.5) is 4.79 Å². The van der Waals surface area contributed by atoms with Crippen molar-refractivity contribution < 1.29 is 29.3 Å². The Hall–Kier alpha value is -4.24. The Kier molecular flexibility index (Phi) is 13.3. The van der Waals surface area contributed by atoms with Crippen LogP contribution in [0.3, 0.4) is 0 Å². The molecule has 0 spiro atoms. The fourth-order valence-corrected chi connectivity index (χ4v) is 5.40. The standard InChI is InChI=1S/C39H48N2O6/c1-39(2,3)47-38(45)40-24-14-6-11-21-34(42)36(46-28-31-22-23-32-19-12-13-20-33(32)25-31)35(43)37(44)41(26-29-15-7-4-8-16-29)27-30-17-9-5-10-18-30/h4-5,7-10,12-13,15-20,22-23,25,34-36,42-43H,6,11,14,21,24,26-28H2,1-3H3,(H,40,45). The number of rotatable bonds is 16. The van der Waals surface area contributed by atoms with E-state index in [4.69, 9.17) is 9.47 Å². The van der Waals surface area contributed by atoms with Gasteiger partial charge in [-0.15, -0.1) is 0 Å². The van der Waals surface area contributed by atoms with Gasteiger partial charge in [0.2, 0.25) is 0 Å². The number of unbranched alkanes of at least 4 members (excludes halogenated alkanes) is 2. The molecule has 0 saturated heterocycles. The van der Waals surface area contributed by atoms with Crippen molar-refractivity contribution in [3.8, 4) is 0 Å². The lowest BCUT2D eigenvalue weighted by molar-refractivity contribution is -0.160. The maximum Gasteiger partial charge on any atom is 0.407 e. The molecule has 3 N–H and O–H groups in total. The highest BCUT2D eigenvalue weighted by molar-refractivity contribution is 5.83. The lowest BCUT2D eigenvalue weighted by atomic mass is 10.00. The number of fused-ring (bicyclic) bond motifs is 1. The summed E-state index contributed by atoms with van der Waals surface area (Å²) in [5.41, 5.74) is 2.17. The van der Waals surface area contributed by atoms with E-state index in [9.17, 15) is 19.8 Å². The zero-order chi connectivity index (χ0) is 33.6. The van der Waals surface area contributed by atoms with Gasteiger partial charge in [0.1, 0.15) is 11.7 Å². The molecule has 3 atom stereocenters. The van der Waals surface area contributed by atoms with Crippen molar-refractivity contribution in [2.24, 2.45) is 0 Å². The van der Waals surface area contributed by atoms with Gasteiger partial charge in [0, 0.05) is 19.6 Å². The number of hydrogen-bond acceptors (Lipinski definition) is 6. The van der Waals surface area contributed by atoms with E-state index in [0.717, 1.165) is 33.9 Å². The van der Waals surface area contributed by atoms with Gasteiger partial charge in [0.05, 0.1) is 12.7 Å². The van der Waals surface area contributed by atoms with Crippen LogP contribution >= 0.6 is 0 Å². The second-order valence-electron chi connectivity index (χ2n) is 12.9. The van der Waals surface area contributed by atoms with Crippen LogP contribution in [0.1, 0.15) is 63.1 Å². The Labute approximate surface area is 278 Å². The van der Waals surface area contributed by atoms with Gasteiger partial charge in [-0.05, 0) is 67.1 Å². The topological polar surface area (TPSA) is 108 Å². The van der Waals surface area contributed by atoms with Crippen molar-refractivity contribution in [3.05, 3.63) is 120 Å². The van der Waals surface area contributed by atoms with Crippen molar-refractivity contribution >= 4 is 22.8 Å². The molecule has 8 nitrogen and oxygen atoms in total. The van der Waals surface area contributed by atoms with E-state index in [1.54, 1.807) is 4.90 Å². The Morgan fingerprint density at radius 2 is 1.34 bits per heavy atom. The highest BCUT2D eigenvalue weighted by atomic mass is 16.6. The van der Waals surface area contributed by atoms with Gasteiger partial charge in [-0.3, -0.25) is 4.79 Å². The van der Waals surface area contributed by atoms with Crippen LogP contribution in [0.15, 0.2) is 103 Å². The Morgan fingerprint density at radius 1 is 0.745 bits per heavy atom. The Balaban J connectivity index is 1.44. The number of hydrogen-bond donors (Lipinski definition) is 3. The molecule has 2 amide bonds. The lowest BCUT2D eigenvalue weighted by Crippen LogP contribution is -2.49. The quantitative estimate of drug-likeness (QED) is 0.117. The molecule has 3 unspecified atom stereocenters. The van der Waals surface area contributed by atoms with Gasteiger partial charge in [0.15, 0.2) is 6.10 Å². The average Bonchev–Trinajstić information content (AvgIpc) is 3.05. The fraction of sp³-hybridized carbons (Fsp3) is 0.385. The second-order valence-corrected chi connectivity index (χ2v) is 12.9. The monoisotopic (exact) mass is 640 g/mol. The van der Waals surface area contributed by atoms with E-state index in [2.05, 4.69) is 5.32 Å². The number of aliphatic hydroxyl groups is 2. The molecule has 4 rings (SSSR count). The number of alkyl carbamates (subject to hydrolysis) is 1. The third-order valence-corrected chi connectivity index (χ3v) is 7.79. The van der Waals surface area contributed by atoms with Crippen molar-refractivity contribution in [1.29, 1.82) is 0 Å². The number of carbonyl (C=O) groups excluding carboxylic acids is 2. The molecule has 0 bridgehead atoms. The minimum Gasteiger partial charge on any atom is -0.444 e. The van der Waals surface area contributed by atoms with E-state index in [0.29, 0.717) is 38.9 Å². The van der Waals surface area contributed by atoms with Crippen molar-refractivity contribution in [2.75, 3.05) is 6.54 Å². The summed E-state index contributed by atoms with van der Waals surface area (Å²) in [6.07, 6.45) is -1.95. The molecule has 47 heavy (non-hydrogen) atoms. The van der Waals surface area contributed by atoms with Crippen molar-refractivity contribution in [2.45, 2.75) is 90.1 Å². The van der Waals surface area contributed by atoms with Crippen LogP contribution in [0.25, 0.3) is 10.8 Å². The van der Waals surface area contributed by atoms with E-state index in [1.807, 2.05) is 124 Å². The predicted molar refractivity (Wildman–Crippen MR) is 184 cm³/mol. The molecule has 0 saturated carbocycles. The smallest absolute Gasteiger partial charge is 0.407 e. The maximum absolute atomic E-state index is 14.0. The first kappa shape index (κ1) is 35.6. The highest BCUT2D eigenvalue weighted by Gasteiger charge is 2.35. The molecular formula is C39H48N2O6. The first-order chi connectivity index (χ1) is 22.6. The number of nitrogens with one attached hydrogen (secondary N) is 1. The van der Waals surface area contributed by atoms with Crippen LogP contribution in [0.5, 0.6) is 0 Å². The van der Waals surface area contributed by atoms with E-state index >= 15 is 0 Å². The number of aliphatic hydroxyl groups excluding tert-OH is 2. The summed E-state index contributed by atoms with van der Waals surface area (Å²) in [7, 11) is 0. The molecule has 0 aromatic heterocycles. The molecule has 8 heteroatoms. The van der Waals surface area contributed by atoms with Crippen LogP contribution in [-0.2, 0) is 34.0 Å². The minimum atomic E-state index is -1.59. The molecule has 0 aliphatic carbocycles. The molecule has 4 aromatic carbocycles. The van der Waals surface area contributed by atoms with Crippen LogP contribution < -0.4 is 5.32 Å². The largest absolute Gasteiger partial charge is 0.444 e. The summed E-state index contributed by atoms with van der Waals surface area (Å²) in [5.74, 6) is -0.512. The van der Waals surface area contributed by atoms with Crippen LogP contribution in [-0.4, -0.2) is 57.6 Å². The normalized spacial score (nSPS) is 13.5. The molecule has 0 radical (unpaired) electrons. The zero-order valence-electron chi connectivity index (χ0n) is 27.7. The summed E-state index contributed by atoms with van der Waals surface area (Å²) in [6, 6.07) is 33.3. The fourth-order valence-electron chi connectivity index (χ4n) is 5.40. The van der Waals surface area contributed by atoms with Gasteiger partial charge in [-0.1, -0.05) is 110 Å². The molecular weight excluding hydrogens is 592 g/mol. The molecule has 0 aliphatic heterocycles.